The molecule has 25 heavy (non-hydrogen) atoms. The van der Waals surface area contributed by atoms with Gasteiger partial charge in [0.15, 0.2) is 5.76 Å². The van der Waals surface area contributed by atoms with Gasteiger partial charge >= 0.3 is 0 Å². The molecule has 4 rings (SSSR count). The van der Waals surface area contributed by atoms with Gasteiger partial charge in [0, 0.05) is 6.54 Å². The lowest BCUT2D eigenvalue weighted by atomic mass is 9.99. The number of rotatable bonds is 4. The average molecular weight is 340 g/mol. The van der Waals surface area contributed by atoms with Crippen molar-refractivity contribution in [2.24, 2.45) is 0 Å². The number of likely N-dealkylation sites (tertiary alicyclic amines) is 1. The maximum atomic E-state index is 12.9. The zero-order chi connectivity index (χ0) is 17.2. The lowest BCUT2D eigenvalue weighted by Gasteiger charge is -2.34. The third-order valence-corrected chi connectivity index (χ3v) is 4.64. The van der Waals surface area contributed by atoms with Gasteiger partial charge in [-0.25, -0.2) is 4.98 Å². The van der Waals surface area contributed by atoms with Crippen LogP contribution in [-0.2, 0) is 11.2 Å². The summed E-state index contributed by atoms with van der Waals surface area (Å²) in [4.78, 5) is 19.2. The van der Waals surface area contributed by atoms with Gasteiger partial charge in [-0.3, -0.25) is 4.79 Å². The second-order valence-corrected chi connectivity index (χ2v) is 6.29. The molecule has 0 aromatic carbocycles. The second-order valence-electron chi connectivity index (χ2n) is 6.29. The maximum absolute atomic E-state index is 12.9. The van der Waals surface area contributed by atoms with E-state index in [4.69, 9.17) is 13.3 Å². The van der Waals surface area contributed by atoms with Gasteiger partial charge < -0.3 is 18.2 Å². The number of hydrogen-bond donors (Lipinski definition) is 0. The van der Waals surface area contributed by atoms with Crippen molar-refractivity contribution in [3.8, 4) is 11.7 Å². The van der Waals surface area contributed by atoms with Crippen LogP contribution in [0.1, 0.15) is 42.5 Å². The van der Waals surface area contributed by atoms with Crippen molar-refractivity contribution in [3.05, 3.63) is 54.0 Å². The van der Waals surface area contributed by atoms with Crippen LogP contribution in [0.3, 0.4) is 0 Å². The van der Waals surface area contributed by atoms with Crippen molar-refractivity contribution in [2.45, 2.75) is 38.6 Å². The Bertz CT molecular complexity index is 833. The maximum Gasteiger partial charge on any atom is 0.263 e. The number of nitrogens with zero attached hydrogens (tertiary/aromatic N) is 2. The predicted molar refractivity (Wildman–Crippen MR) is 89.7 cm³/mol. The Balaban J connectivity index is 1.53. The van der Waals surface area contributed by atoms with E-state index in [1.54, 1.807) is 24.7 Å². The van der Waals surface area contributed by atoms with Gasteiger partial charge in [0.1, 0.15) is 11.5 Å². The van der Waals surface area contributed by atoms with Crippen LogP contribution in [0.25, 0.3) is 11.7 Å². The van der Waals surface area contributed by atoms with Crippen molar-refractivity contribution in [1.29, 1.82) is 0 Å². The summed E-state index contributed by atoms with van der Waals surface area (Å²) in [7, 11) is 0. The summed E-state index contributed by atoms with van der Waals surface area (Å²) < 4.78 is 16.5. The third kappa shape index (κ3) is 3.12. The minimum atomic E-state index is 0.00741. The number of hydrogen-bond acceptors (Lipinski definition) is 5. The smallest absolute Gasteiger partial charge is 0.263 e. The first-order chi connectivity index (χ1) is 12.2. The Kier molecular flexibility index (Phi) is 4.17. The highest BCUT2D eigenvalue weighted by Crippen LogP contribution is 2.32. The van der Waals surface area contributed by atoms with E-state index in [0.29, 0.717) is 23.1 Å². The minimum absolute atomic E-state index is 0.00741. The van der Waals surface area contributed by atoms with Crippen LogP contribution in [0.2, 0.25) is 0 Å². The van der Waals surface area contributed by atoms with Crippen LogP contribution >= 0.6 is 0 Å². The van der Waals surface area contributed by atoms with E-state index in [0.717, 1.165) is 31.6 Å². The van der Waals surface area contributed by atoms with Crippen LogP contribution in [0.15, 0.2) is 50.0 Å². The zero-order valence-corrected chi connectivity index (χ0v) is 14.1. The number of piperidine rings is 1. The minimum Gasteiger partial charge on any atom is -0.467 e. The van der Waals surface area contributed by atoms with E-state index in [2.05, 4.69) is 4.98 Å². The zero-order valence-electron chi connectivity index (χ0n) is 14.1. The van der Waals surface area contributed by atoms with Crippen molar-refractivity contribution >= 4 is 5.91 Å². The van der Waals surface area contributed by atoms with Crippen LogP contribution in [0.4, 0.5) is 0 Å². The van der Waals surface area contributed by atoms with Gasteiger partial charge in [0.25, 0.3) is 5.89 Å². The lowest BCUT2D eigenvalue weighted by Crippen LogP contribution is -2.39. The van der Waals surface area contributed by atoms with E-state index in [-0.39, 0.29) is 18.4 Å². The first-order valence-electron chi connectivity index (χ1n) is 8.55. The molecule has 1 saturated heterocycles. The van der Waals surface area contributed by atoms with Gasteiger partial charge in [-0.05, 0) is 50.5 Å². The standard InChI is InChI=1S/C19H20N2O4/c1-13-14(20-19(25-13)17-8-5-11-24-17)12-18(22)21-9-3-2-6-15(21)16-7-4-10-23-16/h4-5,7-8,10-11,15H,2-3,6,9,12H2,1H3/t15-/m1/s1. The monoisotopic (exact) mass is 340 g/mol. The highest BCUT2D eigenvalue weighted by molar-refractivity contribution is 5.79. The number of amides is 1. The molecular formula is C19H20N2O4. The summed E-state index contributed by atoms with van der Waals surface area (Å²) in [5, 5.41) is 0. The molecule has 6 heteroatoms. The molecular weight excluding hydrogens is 320 g/mol. The predicted octanol–water partition coefficient (Wildman–Crippen LogP) is 4.13. The van der Waals surface area contributed by atoms with Crippen molar-refractivity contribution in [3.63, 3.8) is 0 Å². The van der Waals surface area contributed by atoms with Crippen molar-refractivity contribution in [2.75, 3.05) is 6.54 Å². The fourth-order valence-corrected chi connectivity index (χ4v) is 3.35. The van der Waals surface area contributed by atoms with Gasteiger partial charge in [-0.15, -0.1) is 0 Å². The molecule has 0 unspecified atom stereocenters. The molecule has 3 aromatic rings. The van der Waals surface area contributed by atoms with Gasteiger partial charge in [-0.1, -0.05) is 0 Å². The third-order valence-electron chi connectivity index (χ3n) is 4.64. The normalized spacial score (nSPS) is 17.8. The van der Waals surface area contributed by atoms with E-state index >= 15 is 0 Å². The number of carbonyl (C=O) groups excluding carboxylic acids is 1. The molecule has 0 saturated carbocycles. The molecule has 130 valence electrons. The average Bonchev–Trinajstić information content (AvgIpc) is 3.37. The molecule has 1 aliphatic heterocycles. The van der Waals surface area contributed by atoms with E-state index in [9.17, 15) is 4.79 Å². The molecule has 0 bridgehead atoms. The summed E-state index contributed by atoms with van der Waals surface area (Å²) in [6, 6.07) is 7.37. The Morgan fingerprint density at radius 2 is 2.08 bits per heavy atom. The fourth-order valence-electron chi connectivity index (χ4n) is 3.35. The van der Waals surface area contributed by atoms with Crippen LogP contribution in [-0.4, -0.2) is 22.3 Å². The first-order valence-corrected chi connectivity index (χ1v) is 8.55. The van der Waals surface area contributed by atoms with Crippen molar-refractivity contribution in [1.82, 2.24) is 9.88 Å². The summed E-state index contributed by atoms with van der Waals surface area (Å²) in [6.45, 7) is 2.56. The molecule has 0 spiro atoms. The van der Waals surface area contributed by atoms with E-state index in [1.807, 2.05) is 24.0 Å². The first kappa shape index (κ1) is 15.7. The van der Waals surface area contributed by atoms with Crippen molar-refractivity contribution < 1.29 is 18.0 Å². The molecule has 1 fully saturated rings. The Labute approximate surface area is 145 Å². The SMILES string of the molecule is Cc1oc(-c2ccco2)nc1CC(=O)N1CCCC[C@@H]1c1ccco1. The Morgan fingerprint density at radius 1 is 1.24 bits per heavy atom. The summed E-state index contributed by atoms with van der Waals surface area (Å²) >= 11 is 0. The van der Waals surface area contributed by atoms with Crippen LogP contribution < -0.4 is 0 Å². The summed E-state index contributed by atoms with van der Waals surface area (Å²) in [5.41, 5.74) is 0.653. The molecule has 0 N–H and O–H groups in total. The highest BCUT2D eigenvalue weighted by Gasteiger charge is 2.30. The molecule has 3 aromatic heterocycles. The second kappa shape index (κ2) is 6.63. The number of oxazole rings is 1. The molecule has 1 aliphatic rings. The van der Waals surface area contributed by atoms with E-state index < -0.39 is 0 Å². The Morgan fingerprint density at radius 3 is 2.84 bits per heavy atom. The van der Waals surface area contributed by atoms with Crippen LogP contribution in [0, 0.1) is 6.92 Å². The molecule has 1 atom stereocenters. The van der Waals surface area contributed by atoms with E-state index in [1.165, 1.54) is 0 Å². The molecule has 0 radical (unpaired) electrons. The number of aryl methyl sites for hydroxylation is 1. The quantitative estimate of drug-likeness (QED) is 0.714. The summed E-state index contributed by atoms with van der Waals surface area (Å²) in [6.07, 6.45) is 6.48. The highest BCUT2D eigenvalue weighted by atomic mass is 16.4. The summed E-state index contributed by atoms with van der Waals surface area (Å²) in [5.74, 6) is 2.51. The fraction of sp³-hybridized carbons (Fsp3) is 0.368. The molecule has 0 aliphatic carbocycles. The van der Waals surface area contributed by atoms with Gasteiger partial charge in [0.05, 0.1) is 30.7 Å². The number of furan rings is 2. The number of carbonyl (C=O) groups is 1. The topological polar surface area (TPSA) is 72.6 Å². The molecule has 6 nitrogen and oxygen atoms in total. The van der Waals surface area contributed by atoms with Crippen LogP contribution in [0.5, 0.6) is 0 Å². The molecule has 1 amide bonds. The Hall–Kier alpha value is -2.76. The lowest BCUT2D eigenvalue weighted by molar-refractivity contribution is -0.134. The van der Waals surface area contributed by atoms with Gasteiger partial charge in [-0.2, -0.15) is 0 Å². The molecule has 4 heterocycles. The number of aromatic nitrogens is 1. The largest absolute Gasteiger partial charge is 0.467 e. The van der Waals surface area contributed by atoms with Gasteiger partial charge in [0.2, 0.25) is 5.91 Å².